The van der Waals surface area contributed by atoms with E-state index in [1.807, 2.05) is 12.1 Å². The predicted octanol–water partition coefficient (Wildman–Crippen LogP) is 4.75. The van der Waals surface area contributed by atoms with Gasteiger partial charge >= 0.3 is 0 Å². The number of carbonyl (C=O) groups excluding carboxylic acids is 1. The zero-order valence-corrected chi connectivity index (χ0v) is 18.4. The minimum Gasteiger partial charge on any atom is -0.483 e. The lowest BCUT2D eigenvalue weighted by atomic mass is 10.1. The number of H-pyrrole nitrogens is 1. The second-order valence-corrected chi connectivity index (χ2v) is 7.93. The molecule has 0 bridgehead atoms. The van der Waals surface area contributed by atoms with Gasteiger partial charge in [0.15, 0.2) is 17.6 Å². The maximum absolute atomic E-state index is 12.5. The largest absolute Gasteiger partial charge is 0.483 e. The van der Waals surface area contributed by atoms with Crippen molar-refractivity contribution in [3.05, 3.63) is 64.4 Å². The Bertz CT molecular complexity index is 1080. The molecule has 2 aromatic carbocycles. The van der Waals surface area contributed by atoms with Gasteiger partial charge in [0.1, 0.15) is 6.61 Å². The van der Waals surface area contributed by atoms with Crippen LogP contribution in [0.5, 0.6) is 11.5 Å². The van der Waals surface area contributed by atoms with E-state index in [1.54, 1.807) is 18.2 Å². The number of aromatic amines is 1. The van der Waals surface area contributed by atoms with Crippen LogP contribution in [0.15, 0.2) is 42.5 Å². The normalized spacial score (nSPS) is 15.1. The number of aromatic nitrogens is 4. The minimum absolute atomic E-state index is 0.178. The molecule has 1 atom stereocenters. The van der Waals surface area contributed by atoms with Gasteiger partial charge in [-0.05, 0) is 36.1 Å². The molecule has 1 aliphatic heterocycles. The van der Waals surface area contributed by atoms with E-state index in [9.17, 15) is 4.79 Å². The van der Waals surface area contributed by atoms with Gasteiger partial charge in [-0.15, -0.1) is 10.2 Å². The fourth-order valence-electron chi connectivity index (χ4n) is 3.40. The number of rotatable bonds is 8. The lowest BCUT2D eigenvalue weighted by Gasteiger charge is -2.26. The van der Waals surface area contributed by atoms with E-state index in [1.165, 1.54) is 30.9 Å². The van der Waals surface area contributed by atoms with Crippen LogP contribution in [-0.4, -0.2) is 33.1 Å². The van der Waals surface area contributed by atoms with Gasteiger partial charge in [0.05, 0.1) is 5.69 Å². The Morgan fingerprint density at radius 1 is 1.28 bits per heavy atom. The Morgan fingerprint density at radius 2 is 2.12 bits per heavy atom. The number of hydrogen-bond donors (Lipinski definition) is 2. The smallest absolute Gasteiger partial charge is 0.248 e. The lowest BCUT2D eigenvalue weighted by Crippen LogP contribution is -2.24. The number of unbranched alkanes of at least 4 members (excludes halogenated alkanes) is 2. The van der Waals surface area contributed by atoms with Crippen molar-refractivity contribution in [3.8, 4) is 11.5 Å². The number of hydrogen-bond acceptors (Lipinski definition) is 6. The number of nitrogens with zero attached hydrogens (tertiary/aromatic N) is 3. The van der Waals surface area contributed by atoms with Crippen LogP contribution in [0.3, 0.4) is 0 Å². The molecule has 2 N–H and O–H groups in total. The number of ether oxygens (including phenoxy) is 2. The minimum atomic E-state index is -0.520. The predicted molar refractivity (Wildman–Crippen MR) is 122 cm³/mol. The molecule has 4 rings (SSSR count). The fraction of sp³-hybridized carbons (Fsp3) is 0.304. The molecule has 0 radical (unpaired) electrons. The number of halogens is 1. The van der Waals surface area contributed by atoms with E-state index in [-0.39, 0.29) is 12.5 Å². The number of anilines is 1. The maximum atomic E-state index is 12.5. The Labute approximate surface area is 191 Å². The van der Waals surface area contributed by atoms with Gasteiger partial charge in [-0.25, -0.2) is 0 Å². The number of aryl methyl sites for hydroxylation is 1. The zero-order chi connectivity index (χ0) is 22.3. The molecule has 0 aliphatic carbocycles. The van der Waals surface area contributed by atoms with Crippen LogP contribution in [-0.2, 0) is 11.2 Å². The summed E-state index contributed by atoms with van der Waals surface area (Å²) in [7, 11) is 0. The molecule has 1 aliphatic rings. The zero-order valence-electron chi connectivity index (χ0n) is 17.7. The van der Waals surface area contributed by atoms with Gasteiger partial charge in [0.2, 0.25) is 11.7 Å². The first-order valence-electron chi connectivity index (χ1n) is 10.6. The lowest BCUT2D eigenvalue weighted by molar-refractivity contribution is -0.111. The molecule has 32 heavy (non-hydrogen) atoms. The summed E-state index contributed by atoms with van der Waals surface area (Å²) in [6.45, 7) is 2.38. The van der Waals surface area contributed by atoms with Crippen LogP contribution in [0.4, 0.5) is 5.69 Å². The quantitative estimate of drug-likeness (QED) is 0.377. The first-order chi connectivity index (χ1) is 15.6. The van der Waals surface area contributed by atoms with Gasteiger partial charge in [-0.2, -0.15) is 5.21 Å². The second-order valence-electron chi connectivity index (χ2n) is 7.49. The number of fused-ring (bicyclic) bond motifs is 1. The van der Waals surface area contributed by atoms with E-state index in [4.69, 9.17) is 21.1 Å². The van der Waals surface area contributed by atoms with E-state index >= 15 is 0 Å². The Balaban J connectivity index is 1.40. The maximum Gasteiger partial charge on any atom is 0.248 e. The van der Waals surface area contributed by atoms with Gasteiger partial charge in [-0.3, -0.25) is 4.79 Å². The van der Waals surface area contributed by atoms with E-state index in [0.717, 1.165) is 12.0 Å². The monoisotopic (exact) mass is 453 g/mol. The molecule has 8 nitrogen and oxygen atoms in total. The molecule has 1 aromatic heterocycles. The Hall–Kier alpha value is -3.39. The molecule has 9 heteroatoms. The third-order valence-corrected chi connectivity index (χ3v) is 5.27. The van der Waals surface area contributed by atoms with Gasteiger partial charge < -0.3 is 14.8 Å². The van der Waals surface area contributed by atoms with Gasteiger partial charge in [0, 0.05) is 17.2 Å². The van der Waals surface area contributed by atoms with Crippen LogP contribution in [0.2, 0.25) is 5.02 Å². The molecule has 1 unspecified atom stereocenters. The van der Waals surface area contributed by atoms with Crippen LogP contribution in [0.1, 0.15) is 49.2 Å². The van der Waals surface area contributed by atoms with E-state index in [0.29, 0.717) is 28.0 Å². The highest BCUT2D eigenvalue weighted by Gasteiger charge is 2.28. The Morgan fingerprint density at radius 3 is 2.88 bits per heavy atom. The van der Waals surface area contributed by atoms with E-state index in [2.05, 4.69) is 45.0 Å². The molecule has 1 amide bonds. The number of benzene rings is 2. The topological polar surface area (TPSA) is 102 Å². The molecule has 166 valence electrons. The van der Waals surface area contributed by atoms with Crippen LogP contribution < -0.4 is 14.8 Å². The van der Waals surface area contributed by atoms with Crippen molar-refractivity contribution in [2.24, 2.45) is 0 Å². The van der Waals surface area contributed by atoms with Crippen LogP contribution >= 0.6 is 11.6 Å². The summed E-state index contributed by atoms with van der Waals surface area (Å²) >= 11 is 6.22. The van der Waals surface area contributed by atoms with Crippen molar-refractivity contribution >= 4 is 29.3 Å². The molecule has 3 aromatic rings. The van der Waals surface area contributed by atoms with Crippen molar-refractivity contribution in [2.45, 2.75) is 38.7 Å². The average molecular weight is 454 g/mol. The van der Waals surface area contributed by atoms with Crippen molar-refractivity contribution in [3.63, 3.8) is 0 Å². The molecule has 0 saturated heterocycles. The van der Waals surface area contributed by atoms with Crippen molar-refractivity contribution < 1.29 is 14.3 Å². The van der Waals surface area contributed by atoms with Crippen LogP contribution in [0.25, 0.3) is 6.08 Å². The van der Waals surface area contributed by atoms with Crippen LogP contribution in [0, 0.1) is 0 Å². The van der Waals surface area contributed by atoms with E-state index < -0.39 is 6.10 Å². The standard InChI is InChI=1S/C23H24ClN5O3/c1-2-3-4-5-15-6-8-16(9-7-15)10-11-21(30)25-18-12-17(24)13-19-22(18)31-14-20(32-19)23-26-28-29-27-23/h6-13,20H,2-5,14H2,1H3,(H,25,30)(H,26,27,28,29). The fourth-order valence-corrected chi connectivity index (χ4v) is 3.61. The average Bonchev–Trinajstić information content (AvgIpc) is 3.33. The number of nitrogens with one attached hydrogen (secondary N) is 2. The molecule has 0 saturated carbocycles. The van der Waals surface area contributed by atoms with Crippen molar-refractivity contribution in [2.75, 3.05) is 11.9 Å². The highest BCUT2D eigenvalue weighted by Crippen LogP contribution is 2.43. The molecule has 0 spiro atoms. The third kappa shape index (κ3) is 5.45. The summed E-state index contributed by atoms with van der Waals surface area (Å²) in [5, 5.41) is 17.0. The molecule has 0 fully saturated rings. The first kappa shape index (κ1) is 21.8. The number of carbonyl (C=O) groups is 1. The third-order valence-electron chi connectivity index (χ3n) is 5.05. The summed E-state index contributed by atoms with van der Waals surface area (Å²) in [5.41, 5.74) is 2.69. The number of amides is 1. The Kier molecular flexibility index (Phi) is 7.01. The van der Waals surface area contributed by atoms with Gasteiger partial charge in [-0.1, -0.05) is 60.8 Å². The molecular formula is C23H24ClN5O3. The highest BCUT2D eigenvalue weighted by molar-refractivity contribution is 6.31. The van der Waals surface area contributed by atoms with Crippen molar-refractivity contribution in [1.82, 2.24) is 20.6 Å². The summed E-state index contributed by atoms with van der Waals surface area (Å²) in [4.78, 5) is 12.5. The molecule has 2 heterocycles. The van der Waals surface area contributed by atoms with Gasteiger partial charge in [0.25, 0.3) is 0 Å². The summed E-state index contributed by atoms with van der Waals surface area (Å²) in [6, 6.07) is 11.5. The summed E-state index contributed by atoms with van der Waals surface area (Å²) < 4.78 is 11.7. The van der Waals surface area contributed by atoms with Crippen molar-refractivity contribution in [1.29, 1.82) is 0 Å². The SMILES string of the molecule is CCCCCc1ccc(C=CC(=O)Nc2cc(Cl)cc3c2OCC(c2nn[nH]n2)O3)cc1. The summed E-state index contributed by atoms with van der Waals surface area (Å²) in [6.07, 6.45) is 7.45. The summed E-state index contributed by atoms with van der Waals surface area (Å²) in [5.74, 6) is 0.884. The number of tetrazole rings is 1. The molecular weight excluding hydrogens is 430 g/mol. The highest BCUT2D eigenvalue weighted by atomic mass is 35.5. The first-order valence-corrected chi connectivity index (χ1v) is 10.9. The second kappa shape index (κ2) is 10.3.